The summed E-state index contributed by atoms with van der Waals surface area (Å²) < 4.78 is 41.0. The molecule has 4 nitrogen and oxygen atoms in total. The minimum absolute atomic E-state index is 0.0175. The van der Waals surface area contributed by atoms with Crippen LogP contribution in [0.25, 0.3) is 0 Å². The SMILES string of the molecule is CCC=CC[C@@H](C(=O)CCC(C)(CCCC)C(F)(F)F)[C@](O)(C(=O)O)C1CCCC1. The molecule has 0 bridgehead atoms. The lowest BCUT2D eigenvalue weighted by atomic mass is 9.70. The number of hydrogen-bond acceptors (Lipinski definition) is 3. The van der Waals surface area contributed by atoms with Gasteiger partial charge in [-0.15, -0.1) is 0 Å². The lowest BCUT2D eigenvalue weighted by Crippen LogP contribution is -2.54. The molecule has 1 aliphatic rings. The van der Waals surface area contributed by atoms with Crippen LogP contribution in [0.4, 0.5) is 13.2 Å². The van der Waals surface area contributed by atoms with Gasteiger partial charge in [-0.3, -0.25) is 4.79 Å². The summed E-state index contributed by atoms with van der Waals surface area (Å²) in [6.45, 7) is 4.82. The number of alkyl halides is 3. The molecule has 1 fully saturated rings. The molecule has 0 spiro atoms. The summed E-state index contributed by atoms with van der Waals surface area (Å²) in [4.78, 5) is 25.2. The standard InChI is InChI=1S/C23H37F3O4/c1-4-6-8-13-18(22(30,20(28)29)17-11-9-10-12-17)19(27)14-16-21(3,15-7-5-2)23(24,25)26/h6,8,17-18,30H,4-5,7,9-16H2,1-3H3,(H,28,29)/t18-,21?,22-/m0/s1. The largest absolute Gasteiger partial charge is 0.479 e. The predicted molar refractivity (Wildman–Crippen MR) is 110 cm³/mol. The minimum Gasteiger partial charge on any atom is -0.479 e. The second-order valence-corrected chi connectivity index (χ2v) is 8.91. The summed E-state index contributed by atoms with van der Waals surface area (Å²) in [5.41, 5.74) is -4.25. The van der Waals surface area contributed by atoms with Gasteiger partial charge >= 0.3 is 12.1 Å². The van der Waals surface area contributed by atoms with Crippen LogP contribution in [0.15, 0.2) is 12.2 Å². The Bertz CT molecular complexity index is 596. The molecule has 0 aromatic carbocycles. The van der Waals surface area contributed by atoms with Crippen molar-refractivity contribution in [3.8, 4) is 0 Å². The first-order valence-corrected chi connectivity index (χ1v) is 11.1. The first kappa shape index (κ1) is 26.7. The van der Waals surface area contributed by atoms with Crippen LogP contribution in [-0.4, -0.2) is 33.7 Å². The van der Waals surface area contributed by atoms with E-state index in [1.54, 1.807) is 12.2 Å². The number of allylic oxidation sites excluding steroid dienone is 2. The van der Waals surface area contributed by atoms with Crippen molar-refractivity contribution in [2.75, 3.05) is 0 Å². The van der Waals surface area contributed by atoms with Crippen LogP contribution < -0.4 is 0 Å². The van der Waals surface area contributed by atoms with Crippen molar-refractivity contribution in [1.82, 2.24) is 0 Å². The van der Waals surface area contributed by atoms with Gasteiger partial charge in [-0.25, -0.2) is 4.79 Å². The molecule has 3 atom stereocenters. The summed E-state index contributed by atoms with van der Waals surface area (Å²) in [5.74, 6) is -3.86. The second kappa shape index (κ2) is 11.3. The third-order valence-corrected chi connectivity index (χ3v) is 6.70. The fourth-order valence-electron chi connectivity index (χ4n) is 4.48. The number of unbranched alkanes of at least 4 members (excludes halogenated alkanes) is 1. The summed E-state index contributed by atoms with van der Waals surface area (Å²) >= 11 is 0. The number of Topliss-reactive ketones (excluding diaryl/α,β-unsaturated/α-hetero) is 1. The van der Waals surface area contributed by atoms with Crippen LogP contribution in [0.3, 0.4) is 0 Å². The number of aliphatic hydroxyl groups is 1. The zero-order valence-electron chi connectivity index (χ0n) is 18.4. The fourth-order valence-corrected chi connectivity index (χ4v) is 4.48. The zero-order valence-corrected chi connectivity index (χ0v) is 18.4. The van der Waals surface area contributed by atoms with Gasteiger partial charge in [-0.2, -0.15) is 13.2 Å². The quantitative estimate of drug-likeness (QED) is 0.345. The number of halogens is 3. The molecule has 1 unspecified atom stereocenters. The Morgan fingerprint density at radius 3 is 2.17 bits per heavy atom. The van der Waals surface area contributed by atoms with Crippen molar-refractivity contribution in [1.29, 1.82) is 0 Å². The normalized spacial score (nSPS) is 20.8. The topological polar surface area (TPSA) is 74.6 Å². The van der Waals surface area contributed by atoms with Crippen molar-refractivity contribution in [2.24, 2.45) is 17.3 Å². The maximum Gasteiger partial charge on any atom is 0.394 e. The first-order valence-electron chi connectivity index (χ1n) is 11.1. The Hall–Kier alpha value is -1.37. The van der Waals surface area contributed by atoms with Crippen LogP contribution in [0.2, 0.25) is 0 Å². The smallest absolute Gasteiger partial charge is 0.394 e. The van der Waals surface area contributed by atoms with Gasteiger partial charge in [-0.05, 0) is 44.4 Å². The summed E-state index contributed by atoms with van der Waals surface area (Å²) in [6, 6.07) is 0. The van der Waals surface area contributed by atoms with E-state index < -0.39 is 53.6 Å². The summed E-state index contributed by atoms with van der Waals surface area (Å²) in [7, 11) is 0. The van der Waals surface area contributed by atoms with Crippen molar-refractivity contribution in [3.05, 3.63) is 12.2 Å². The lowest BCUT2D eigenvalue weighted by Gasteiger charge is -2.37. The van der Waals surface area contributed by atoms with Crippen molar-refractivity contribution in [2.45, 2.75) is 103 Å². The molecule has 0 aliphatic heterocycles. The van der Waals surface area contributed by atoms with Crippen LogP contribution in [0.5, 0.6) is 0 Å². The number of aliphatic carboxylic acids is 1. The maximum atomic E-state index is 13.7. The monoisotopic (exact) mass is 434 g/mol. The van der Waals surface area contributed by atoms with Crippen LogP contribution in [0, 0.1) is 17.3 Å². The van der Waals surface area contributed by atoms with Gasteiger partial charge in [0, 0.05) is 6.42 Å². The van der Waals surface area contributed by atoms with Crippen molar-refractivity contribution >= 4 is 11.8 Å². The van der Waals surface area contributed by atoms with Crippen molar-refractivity contribution in [3.63, 3.8) is 0 Å². The van der Waals surface area contributed by atoms with Gasteiger partial charge in [0.25, 0.3) is 0 Å². The zero-order chi connectivity index (χ0) is 23.0. The summed E-state index contributed by atoms with van der Waals surface area (Å²) in [6.07, 6.45) is 2.37. The Labute approximate surface area is 177 Å². The number of carboxylic acid groups (broad SMARTS) is 1. The highest BCUT2D eigenvalue weighted by atomic mass is 19.4. The molecule has 0 aromatic heterocycles. The molecule has 2 N–H and O–H groups in total. The fraction of sp³-hybridized carbons (Fsp3) is 0.826. The number of hydrogen-bond donors (Lipinski definition) is 2. The Balaban J connectivity index is 3.13. The Kier molecular flexibility index (Phi) is 10.0. The first-order chi connectivity index (χ1) is 13.9. The van der Waals surface area contributed by atoms with Gasteiger partial charge in [0.05, 0.1) is 11.3 Å². The maximum absolute atomic E-state index is 13.7. The van der Waals surface area contributed by atoms with E-state index in [1.165, 1.54) is 0 Å². The van der Waals surface area contributed by atoms with Crippen LogP contribution in [0.1, 0.15) is 91.4 Å². The van der Waals surface area contributed by atoms with E-state index in [4.69, 9.17) is 0 Å². The Morgan fingerprint density at radius 1 is 1.10 bits per heavy atom. The molecule has 0 amide bonds. The number of rotatable bonds is 13. The molecule has 1 saturated carbocycles. The number of carboxylic acids is 1. The van der Waals surface area contributed by atoms with Gasteiger partial charge in [0.15, 0.2) is 5.60 Å². The highest BCUT2D eigenvalue weighted by Gasteiger charge is 2.54. The van der Waals surface area contributed by atoms with E-state index in [-0.39, 0.29) is 12.8 Å². The second-order valence-electron chi connectivity index (χ2n) is 8.91. The third-order valence-electron chi connectivity index (χ3n) is 6.70. The molecule has 0 heterocycles. The van der Waals surface area contributed by atoms with E-state index in [1.807, 2.05) is 13.8 Å². The highest BCUT2D eigenvalue weighted by Crippen LogP contribution is 2.47. The van der Waals surface area contributed by atoms with Crippen LogP contribution in [-0.2, 0) is 9.59 Å². The van der Waals surface area contributed by atoms with E-state index in [9.17, 15) is 33.0 Å². The molecular formula is C23H37F3O4. The number of carbonyl (C=O) groups excluding carboxylic acids is 1. The van der Waals surface area contributed by atoms with Gasteiger partial charge in [0.1, 0.15) is 5.78 Å². The summed E-state index contributed by atoms with van der Waals surface area (Å²) in [5, 5.41) is 21.0. The molecule has 0 radical (unpaired) electrons. The number of carbonyl (C=O) groups is 2. The minimum atomic E-state index is -4.45. The third kappa shape index (κ3) is 6.32. The van der Waals surface area contributed by atoms with Gasteiger partial charge < -0.3 is 10.2 Å². The van der Waals surface area contributed by atoms with E-state index in [0.717, 1.165) is 19.8 Å². The molecule has 1 rings (SSSR count). The molecule has 30 heavy (non-hydrogen) atoms. The molecule has 0 aromatic rings. The molecular weight excluding hydrogens is 397 g/mol. The lowest BCUT2D eigenvalue weighted by molar-refractivity contribution is -0.223. The average molecular weight is 435 g/mol. The molecule has 0 saturated heterocycles. The molecule has 1 aliphatic carbocycles. The van der Waals surface area contributed by atoms with Crippen molar-refractivity contribution < 1.29 is 33.0 Å². The van der Waals surface area contributed by atoms with E-state index in [0.29, 0.717) is 32.1 Å². The Morgan fingerprint density at radius 2 is 1.70 bits per heavy atom. The molecule has 7 heteroatoms. The highest BCUT2D eigenvalue weighted by molar-refractivity contribution is 5.90. The molecule has 174 valence electrons. The average Bonchev–Trinajstić information content (AvgIpc) is 3.21. The van der Waals surface area contributed by atoms with Crippen LogP contribution >= 0.6 is 0 Å². The number of ketones is 1. The van der Waals surface area contributed by atoms with Gasteiger partial charge in [-0.1, -0.05) is 58.6 Å². The predicted octanol–water partition coefficient (Wildman–Crippen LogP) is 6.07. The van der Waals surface area contributed by atoms with Gasteiger partial charge in [0.2, 0.25) is 0 Å². The van der Waals surface area contributed by atoms with E-state index >= 15 is 0 Å². The van der Waals surface area contributed by atoms with E-state index in [2.05, 4.69) is 0 Å².